The predicted molar refractivity (Wildman–Crippen MR) is 54.1 cm³/mol. The van der Waals surface area contributed by atoms with Gasteiger partial charge in [-0.05, 0) is 25.5 Å². The maximum atomic E-state index is 2.46. The van der Waals surface area contributed by atoms with Crippen LogP contribution in [0, 0.1) is 0 Å². The van der Waals surface area contributed by atoms with Gasteiger partial charge < -0.3 is 4.90 Å². The molecule has 12 heavy (non-hydrogen) atoms. The van der Waals surface area contributed by atoms with Crippen molar-refractivity contribution in [2.75, 3.05) is 13.1 Å². The van der Waals surface area contributed by atoms with E-state index in [4.69, 9.17) is 0 Å². The van der Waals surface area contributed by atoms with Gasteiger partial charge in [0.05, 0.1) is 0 Å². The van der Waals surface area contributed by atoms with E-state index in [-0.39, 0.29) is 0 Å². The van der Waals surface area contributed by atoms with Crippen molar-refractivity contribution in [3.8, 4) is 0 Å². The molecular weight excluding hydrogens is 146 g/mol. The second-order valence-electron chi connectivity index (χ2n) is 3.62. The standard InChI is InChI=1S/C11H21N/c1-2-3-4-6-9-12-10-7-5-8-11-12/h7,10H,2-6,8-9,11H2,1H3. The second-order valence-corrected chi connectivity index (χ2v) is 3.62. The average Bonchev–Trinajstić information content (AvgIpc) is 2.14. The Labute approximate surface area is 76.5 Å². The van der Waals surface area contributed by atoms with Gasteiger partial charge in [-0.1, -0.05) is 32.3 Å². The highest BCUT2D eigenvalue weighted by molar-refractivity contribution is 4.87. The van der Waals surface area contributed by atoms with Crippen LogP contribution in [0.4, 0.5) is 0 Å². The highest BCUT2D eigenvalue weighted by atomic mass is 15.1. The Hall–Kier alpha value is -0.460. The molecule has 1 rings (SSSR count). The van der Waals surface area contributed by atoms with E-state index in [2.05, 4.69) is 24.1 Å². The van der Waals surface area contributed by atoms with Crippen LogP contribution in [0.5, 0.6) is 0 Å². The van der Waals surface area contributed by atoms with Crippen LogP contribution in [0.3, 0.4) is 0 Å². The number of nitrogens with zero attached hydrogens (tertiary/aromatic N) is 1. The molecule has 0 unspecified atom stereocenters. The van der Waals surface area contributed by atoms with Gasteiger partial charge in [0.15, 0.2) is 0 Å². The van der Waals surface area contributed by atoms with E-state index in [0.29, 0.717) is 0 Å². The molecule has 1 aliphatic rings. The van der Waals surface area contributed by atoms with Crippen LogP contribution in [0.25, 0.3) is 0 Å². The summed E-state index contributed by atoms with van der Waals surface area (Å²) < 4.78 is 0. The average molecular weight is 167 g/mol. The lowest BCUT2D eigenvalue weighted by Crippen LogP contribution is -2.22. The molecule has 0 aromatic carbocycles. The number of unbranched alkanes of at least 4 members (excludes halogenated alkanes) is 3. The van der Waals surface area contributed by atoms with Gasteiger partial charge in [-0.2, -0.15) is 0 Å². The zero-order valence-electron chi connectivity index (χ0n) is 8.26. The molecule has 0 radical (unpaired) electrons. The first kappa shape index (κ1) is 9.63. The van der Waals surface area contributed by atoms with Gasteiger partial charge >= 0.3 is 0 Å². The number of allylic oxidation sites excluding steroid dienone is 1. The lowest BCUT2D eigenvalue weighted by molar-refractivity contribution is 0.344. The summed E-state index contributed by atoms with van der Waals surface area (Å²) in [6.45, 7) is 4.82. The first-order valence-corrected chi connectivity index (χ1v) is 5.34. The largest absolute Gasteiger partial charge is 0.378 e. The van der Waals surface area contributed by atoms with Gasteiger partial charge in [-0.15, -0.1) is 0 Å². The van der Waals surface area contributed by atoms with E-state index in [9.17, 15) is 0 Å². The maximum Gasteiger partial charge on any atom is 0.0175 e. The predicted octanol–water partition coefficient (Wildman–Crippen LogP) is 3.18. The van der Waals surface area contributed by atoms with Crippen LogP contribution in [-0.2, 0) is 0 Å². The maximum absolute atomic E-state index is 2.46. The Bertz CT molecular complexity index is 129. The molecule has 0 saturated heterocycles. The van der Waals surface area contributed by atoms with Gasteiger partial charge in [0.1, 0.15) is 0 Å². The summed E-state index contributed by atoms with van der Waals surface area (Å²) >= 11 is 0. The summed E-state index contributed by atoms with van der Waals surface area (Å²) in [5.74, 6) is 0. The fourth-order valence-corrected chi connectivity index (χ4v) is 1.64. The third-order valence-electron chi connectivity index (χ3n) is 2.43. The molecular formula is C11H21N. The van der Waals surface area contributed by atoms with Crippen molar-refractivity contribution in [1.29, 1.82) is 0 Å². The molecule has 0 fully saturated rings. The molecule has 1 heteroatoms. The van der Waals surface area contributed by atoms with Crippen LogP contribution in [0.1, 0.15) is 45.4 Å². The number of hydrogen-bond donors (Lipinski definition) is 0. The molecule has 1 nitrogen and oxygen atoms in total. The van der Waals surface area contributed by atoms with E-state index in [1.807, 2.05) is 0 Å². The fraction of sp³-hybridized carbons (Fsp3) is 0.818. The number of rotatable bonds is 5. The topological polar surface area (TPSA) is 3.24 Å². The molecule has 0 aromatic heterocycles. The summed E-state index contributed by atoms with van der Waals surface area (Å²) in [6, 6.07) is 0. The molecule has 1 aliphatic heterocycles. The minimum absolute atomic E-state index is 1.27. The van der Waals surface area contributed by atoms with Gasteiger partial charge in [-0.25, -0.2) is 0 Å². The van der Waals surface area contributed by atoms with Crippen LogP contribution in [-0.4, -0.2) is 18.0 Å². The highest BCUT2D eigenvalue weighted by Crippen LogP contribution is 2.07. The summed E-state index contributed by atoms with van der Waals surface area (Å²) in [7, 11) is 0. The molecule has 0 aliphatic carbocycles. The van der Waals surface area contributed by atoms with Gasteiger partial charge in [0, 0.05) is 13.1 Å². The Morgan fingerprint density at radius 1 is 1.25 bits per heavy atom. The zero-order valence-corrected chi connectivity index (χ0v) is 8.26. The molecule has 0 spiro atoms. The minimum Gasteiger partial charge on any atom is -0.378 e. The van der Waals surface area contributed by atoms with Gasteiger partial charge in [-0.3, -0.25) is 0 Å². The van der Waals surface area contributed by atoms with E-state index >= 15 is 0 Å². The zero-order chi connectivity index (χ0) is 8.65. The van der Waals surface area contributed by atoms with Crippen molar-refractivity contribution in [2.24, 2.45) is 0 Å². The van der Waals surface area contributed by atoms with Crippen molar-refractivity contribution >= 4 is 0 Å². The van der Waals surface area contributed by atoms with Crippen LogP contribution in [0.15, 0.2) is 12.3 Å². The Balaban J connectivity index is 1.98. The first-order chi connectivity index (χ1) is 5.93. The normalized spacial score (nSPS) is 16.9. The Kier molecular flexibility index (Phi) is 4.89. The summed E-state index contributed by atoms with van der Waals surface area (Å²) in [6.07, 6.45) is 12.7. The molecule has 1 heterocycles. The van der Waals surface area contributed by atoms with Crippen LogP contribution < -0.4 is 0 Å². The lowest BCUT2D eigenvalue weighted by Gasteiger charge is -2.22. The molecule has 0 atom stereocenters. The van der Waals surface area contributed by atoms with E-state index in [0.717, 1.165) is 0 Å². The second kappa shape index (κ2) is 6.10. The van der Waals surface area contributed by atoms with E-state index in [1.165, 1.54) is 51.6 Å². The van der Waals surface area contributed by atoms with Gasteiger partial charge in [0.25, 0.3) is 0 Å². The minimum atomic E-state index is 1.27. The molecule has 0 saturated carbocycles. The monoisotopic (exact) mass is 167 g/mol. The van der Waals surface area contributed by atoms with Crippen molar-refractivity contribution in [3.63, 3.8) is 0 Å². The van der Waals surface area contributed by atoms with Crippen LogP contribution >= 0.6 is 0 Å². The smallest absolute Gasteiger partial charge is 0.0175 e. The van der Waals surface area contributed by atoms with Crippen molar-refractivity contribution in [2.45, 2.75) is 45.4 Å². The Morgan fingerprint density at radius 2 is 2.17 bits per heavy atom. The third-order valence-corrected chi connectivity index (χ3v) is 2.43. The third kappa shape index (κ3) is 3.80. The lowest BCUT2D eigenvalue weighted by atomic mass is 10.2. The molecule has 0 amide bonds. The van der Waals surface area contributed by atoms with E-state index < -0.39 is 0 Å². The van der Waals surface area contributed by atoms with Crippen molar-refractivity contribution in [3.05, 3.63) is 12.3 Å². The quantitative estimate of drug-likeness (QED) is 0.568. The Morgan fingerprint density at radius 3 is 2.83 bits per heavy atom. The summed E-state index contributed by atoms with van der Waals surface area (Å²) in [5, 5.41) is 0. The SMILES string of the molecule is CCCCCCN1C=CCCC1. The van der Waals surface area contributed by atoms with Gasteiger partial charge in [0.2, 0.25) is 0 Å². The van der Waals surface area contributed by atoms with Crippen molar-refractivity contribution in [1.82, 2.24) is 4.90 Å². The molecule has 0 bridgehead atoms. The molecule has 70 valence electrons. The molecule has 0 N–H and O–H groups in total. The first-order valence-electron chi connectivity index (χ1n) is 5.34. The summed E-state index contributed by atoms with van der Waals surface area (Å²) in [4.78, 5) is 2.46. The van der Waals surface area contributed by atoms with Crippen LogP contribution in [0.2, 0.25) is 0 Å². The fourth-order valence-electron chi connectivity index (χ4n) is 1.64. The van der Waals surface area contributed by atoms with Crippen molar-refractivity contribution < 1.29 is 0 Å². The number of hydrogen-bond acceptors (Lipinski definition) is 1. The highest BCUT2D eigenvalue weighted by Gasteiger charge is 2.01. The molecule has 0 aromatic rings. The summed E-state index contributed by atoms with van der Waals surface area (Å²) in [5.41, 5.74) is 0. The van der Waals surface area contributed by atoms with E-state index in [1.54, 1.807) is 0 Å².